The first-order chi connectivity index (χ1) is 21.0. The van der Waals surface area contributed by atoms with E-state index in [9.17, 15) is 80.3 Å². The largest absolute Gasteiger partial charge is 1.00 e. The fourth-order valence-electron chi connectivity index (χ4n) is 4.80. The number of hydrogen-bond donors (Lipinski definition) is 0. The first-order valence-electron chi connectivity index (χ1n) is 12.1. The molecule has 258 valence electrons. The number of halogens is 17. The fraction of sp³-hybridized carbons (Fsp3) is 0.308. The summed E-state index contributed by atoms with van der Waals surface area (Å²) in [5.41, 5.74) is -21.0. The summed E-state index contributed by atoms with van der Waals surface area (Å²) in [6.07, 6.45) is -29.0. The zero-order chi connectivity index (χ0) is 36.3. The van der Waals surface area contributed by atoms with Gasteiger partial charge in [0.25, 0.3) is 0 Å². The third kappa shape index (κ3) is 9.90. The number of hydrogen-bond acceptors (Lipinski definition) is 3. The predicted octanol–water partition coefficient (Wildman–Crippen LogP) is 1.84. The smallest absolute Gasteiger partial charge is 0.871 e. The molecule has 0 spiro atoms. The summed E-state index contributed by atoms with van der Waals surface area (Å²) in [5, 5.41) is 23.5. The summed E-state index contributed by atoms with van der Waals surface area (Å²) in [7, 11) is -3.90. The monoisotopic (exact) mass is 720 g/mol. The van der Waals surface area contributed by atoms with Gasteiger partial charge in [-0.25, -0.2) is 8.78 Å². The van der Waals surface area contributed by atoms with Crippen LogP contribution >= 0.6 is 0 Å². The molecule has 0 aromatic heterocycles. The molecule has 0 fully saturated rings. The van der Waals surface area contributed by atoms with E-state index in [0.717, 1.165) is 0 Å². The molecule has 3 aromatic carbocycles. The van der Waals surface area contributed by atoms with Crippen LogP contribution in [-0.4, -0.2) is 7.32 Å². The Morgan fingerprint density at radius 2 is 0.878 bits per heavy atom. The Morgan fingerprint density at radius 3 is 1.14 bits per heavy atom. The molecule has 3 nitrogen and oxygen atoms in total. The van der Waals surface area contributed by atoms with Crippen molar-refractivity contribution in [3.63, 3.8) is 0 Å². The standard InChI is InChI=1S/C26H12BF17O3.2Li/c1-21(47-27(45)46,16-2-3-17(28)19(20(16)29)26(42,43)44)18(10-4-12(22(30,31)32)8-13(5-10)23(33,34)35)11-6-14(24(36,37)38)9-15(7-11)25(39,40)41;;/h2-9,18H,1H3;;/q-2;2*+1. The van der Waals surface area contributed by atoms with Crippen LogP contribution in [0.5, 0.6) is 0 Å². The minimum atomic E-state index is -5.99. The van der Waals surface area contributed by atoms with E-state index in [4.69, 9.17) is 0 Å². The van der Waals surface area contributed by atoms with Crippen LogP contribution < -0.4 is 47.8 Å². The van der Waals surface area contributed by atoms with E-state index >= 15 is 4.39 Å². The fourth-order valence-corrected chi connectivity index (χ4v) is 4.80. The van der Waals surface area contributed by atoms with Crippen molar-refractivity contribution in [2.45, 2.75) is 49.3 Å². The molecular weight excluding hydrogens is 708 g/mol. The van der Waals surface area contributed by atoms with E-state index in [1.165, 1.54) is 0 Å². The third-order valence-corrected chi connectivity index (χ3v) is 6.69. The molecule has 0 amide bonds. The van der Waals surface area contributed by atoms with E-state index in [1.807, 2.05) is 0 Å². The average molecular weight is 720 g/mol. The van der Waals surface area contributed by atoms with Crippen molar-refractivity contribution in [2.24, 2.45) is 0 Å². The van der Waals surface area contributed by atoms with Gasteiger partial charge in [0.1, 0.15) is 17.2 Å². The third-order valence-electron chi connectivity index (χ3n) is 6.69. The molecule has 0 saturated carbocycles. The van der Waals surface area contributed by atoms with Crippen molar-refractivity contribution >= 4 is 7.32 Å². The molecular formula is C26H12BF17Li2O3. The summed E-state index contributed by atoms with van der Waals surface area (Å²) in [6, 6.07) is -2.64. The maximum atomic E-state index is 15.5. The Balaban J connectivity index is 0.00000600. The second kappa shape index (κ2) is 14.7. The van der Waals surface area contributed by atoms with Gasteiger partial charge in [0.15, 0.2) is 0 Å². The van der Waals surface area contributed by atoms with Crippen molar-refractivity contribution in [2.75, 3.05) is 0 Å². The quantitative estimate of drug-likeness (QED) is 0.289. The molecule has 0 N–H and O–H groups in total. The molecule has 1 atom stereocenters. The molecule has 0 aliphatic rings. The van der Waals surface area contributed by atoms with Gasteiger partial charge in [0.2, 0.25) is 0 Å². The molecule has 0 radical (unpaired) electrons. The summed E-state index contributed by atoms with van der Waals surface area (Å²) in [4.78, 5) is 0. The van der Waals surface area contributed by atoms with Crippen LogP contribution in [0.3, 0.4) is 0 Å². The Bertz CT molecular complexity index is 1490. The SMILES string of the molecule is CC(OB([O-])[O-])(c1ccc(F)c(C(F)(F)F)c1F)C(c1cc(C(F)(F)F)cc(C(F)(F)F)c1)c1cc(C(F)(F)F)cc(C(F)(F)F)c1.[Li+].[Li+]. The Labute approximate surface area is 288 Å². The van der Waals surface area contributed by atoms with Crippen molar-refractivity contribution in [1.82, 2.24) is 0 Å². The van der Waals surface area contributed by atoms with Gasteiger partial charge in [-0.1, -0.05) is 6.07 Å². The Morgan fingerprint density at radius 1 is 0.551 bits per heavy atom. The second-order valence-corrected chi connectivity index (χ2v) is 9.91. The second-order valence-electron chi connectivity index (χ2n) is 9.91. The van der Waals surface area contributed by atoms with Crippen LogP contribution in [0.25, 0.3) is 0 Å². The average Bonchev–Trinajstić information content (AvgIpc) is 2.85. The van der Waals surface area contributed by atoms with Crippen molar-refractivity contribution in [3.05, 3.63) is 105 Å². The molecule has 0 bridgehead atoms. The first kappa shape index (κ1) is 44.6. The minimum absolute atomic E-state index is 0. The molecule has 0 aliphatic heterocycles. The van der Waals surface area contributed by atoms with Gasteiger partial charge in [0, 0.05) is 11.5 Å². The van der Waals surface area contributed by atoms with Crippen molar-refractivity contribution in [1.29, 1.82) is 0 Å². The molecule has 3 aromatic rings. The zero-order valence-corrected chi connectivity index (χ0v) is 24.4. The molecule has 49 heavy (non-hydrogen) atoms. The van der Waals surface area contributed by atoms with Gasteiger partial charge in [0.05, 0.1) is 35.2 Å². The number of benzene rings is 3. The summed E-state index contributed by atoms with van der Waals surface area (Å²) in [5.74, 6) is -8.41. The minimum Gasteiger partial charge on any atom is -0.871 e. The normalized spacial score (nSPS) is 14.2. The van der Waals surface area contributed by atoms with E-state index in [-0.39, 0.29) is 81.0 Å². The topological polar surface area (TPSA) is 55.3 Å². The number of alkyl halides is 15. The van der Waals surface area contributed by atoms with Crippen LogP contribution in [0.1, 0.15) is 57.3 Å². The maximum absolute atomic E-state index is 15.5. The van der Waals surface area contributed by atoms with Gasteiger partial charge in [-0.05, 0) is 60.5 Å². The van der Waals surface area contributed by atoms with Gasteiger partial charge in [-0.3, -0.25) is 0 Å². The molecule has 0 heterocycles. The van der Waals surface area contributed by atoms with Crippen LogP contribution in [0.15, 0.2) is 48.5 Å². The van der Waals surface area contributed by atoms with E-state index in [1.54, 1.807) is 0 Å². The molecule has 0 saturated heterocycles. The summed E-state index contributed by atoms with van der Waals surface area (Å²) >= 11 is 0. The number of rotatable bonds is 6. The van der Waals surface area contributed by atoms with Crippen molar-refractivity contribution < 1.29 is 127 Å². The van der Waals surface area contributed by atoms with Crippen LogP contribution in [0, 0.1) is 11.6 Å². The summed E-state index contributed by atoms with van der Waals surface area (Å²) in [6.45, 7) is 0.123. The van der Waals surface area contributed by atoms with E-state index in [0.29, 0.717) is 0 Å². The first-order valence-corrected chi connectivity index (χ1v) is 12.1. The van der Waals surface area contributed by atoms with Crippen LogP contribution in [-0.2, 0) is 41.1 Å². The molecule has 3 rings (SSSR count). The zero-order valence-electron chi connectivity index (χ0n) is 24.4. The molecule has 1 unspecified atom stereocenters. The summed E-state index contributed by atoms with van der Waals surface area (Å²) < 4.78 is 240. The van der Waals surface area contributed by atoms with Gasteiger partial charge in [-0.2, -0.15) is 65.9 Å². The predicted molar refractivity (Wildman–Crippen MR) is 120 cm³/mol. The maximum Gasteiger partial charge on any atom is 1.00 e. The van der Waals surface area contributed by atoms with E-state index in [2.05, 4.69) is 4.65 Å². The van der Waals surface area contributed by atoms with Gasteiger partial charge < -0.3 is 14.7 Å². The Hall–Kier alpha value is -2.39. The van der Waals surface area contributed by atoms with Crippen LogP contribution in [0.4, 0.5) is 74.6 Å². The van der Waals surface area contributed by atoms with Crippen molar-refractivity contribution in [3.8, 4) is 0 Å². The molecule has 0 aliphatic carbocycles. The Kier molecular flexibility index (Phi) is 13.4. The molecule has 23 heteroatoms. The van der Waals surface area contributed by atoms with Gasteiger partial charge in [-0.15, -0.1) is 0 Å². The van der Waals surface area contributed by atoms with Crippen LogP contribution in [0.2, 0.25) is 0 Å². The van der Waals surface area contributed by atoms with Gasteiger partial charge >= 0.3 is 68.6 Å². The van der Waals surface area contributed by atoms with E-state index < -0.39 is 118 Å².